The van der Waals surface area contributed by atoms with Gasteiger partial charge in [-0.15, -0.1) is 0 Å². The Kier molecular flexibility index (Phi) is 4.26. The summed E-state index contributed by atoms with van der Waals surface area (Å²) >= 11 is 6.04. The Morgan fingerprint density at radius 1 is 1.42 bits per heavy atom. The fourth-order valence-electron chi connectivity index (χ4n) is 2.32. The van der Waals surface area contributed by atoms with E-state index in [1.54, 1.807) is 37.3 Å². The number of carbonyl (C=O) groups is 1. The number of hydrogen-bond donors (Lipinski definition) is 1. The smallest absolute Gasteiger partial charge is 0.421 e. The molecule has 0 saturated heterocycles. The first kappa shape index (κ1) is 16.1. The highest BCUT2D eigenvalue weighted by Crippen LogP contribution is 2.27. The minimum atomic E-state index is -0.811. The number of amides is 1. The van der Waals surface area contributed by atoms with Gasteiger partial charge in [-0.05, 0) is 37.3 Å². The fraction of sp³-hybridized carbons (Fsp3) is 0.188. The average molecular weight is 348 g/mol. The lowest BCUT2D eigenvalue weighted by atomic mass is 10.2. The SMILES string of the molecule is COc1ccc(NC(=O)C(C)n2c(=O)oc3cccnc32)cc1Cl. The summed E-state index contributed by atoms with van der Waals surface area (Å²) in [6, 6.07) is 7.33. The van der Waals surface area contributed by atoms with Crippen LogP contribution in [0.2, 0.25) is 5.02 Å². The molecule has 0 radical (unpaired) electrons. The number of pyridine rings is 1. The maximum absolute atomic E-state index is 12.5. The van der Waals surface area contributed by atoms with Crippen molar-refractivity contribution in [3.05, 3.63) is 52.1 Å². The summed E-state index contributed by atoms with van der Waals surface area (Å²) in [5, 5.41) is 3.08. The molecule has 2 heterocycles. The predicted molar refractivity (Wildman–Crippen MR) is 89.6 cm³/mol. The van der Waals surface area contributed by atoms with E-state index in [2.05, 4.69) is 10.3 Å². The zero-order valence-electron chi connectivity index (χ0n) is 12.9. The molecule has 1 amide bonds. The Balaban J connectivity index is 1.88. The van der Waals surface area contributed by atoms with Crippen molar-refractivity contribution in [1.82, 2.24) is 9.55 Å². The first-order chi connectivity index (χ1) is 11.5. The van der Waals surface area contributed by atoms with Gasteiger partial charge in [-0.3, -0.25) is 4.79 Å². The molecular weight excluding hydrogens is 334 g/mol. The van der Waals surface area contributed by atoms with Gasteiger partial charge in [0.25, 0.3) is 0 Å². The number of fused-ring (bicyclic) bond motifs is 1. The van der Waals surface area contributed by atoms with Crippen molar-refractivity contribution in [3.63, 3.8) is 0 Å². The van der Waals surface area contributed by atoms with E-state index in [4.69, 9.17) is 20.8 Å². The van der Waals surface area contributed by atoms with Gasteiger partial charge in [-0.25, -0.2) is 14.3 Å². The quantitative estimate of drug-likeness (QED) is 0.784. The molecule has 0 saturated carbocycles. The van der Waals surface area contributed by atoms with Gasteiger partial charge in [-0.1, -0.05) is 11.6 Å². The van der Waals surface area contributed by atoms with Gasteiger partial charge in [0.15, 0.2) is 11.2 Å². The van der Waals surface area contributed by atoms with Gasteiger partial charge in [0, 0.05) is 11.9 Å². The summed E-state index contributed by atoms with van der Waals surface area (Å²) in [6.45, 7) is 1.59. The Bertz CT molecular complexity index is 963. The van der Waals surface area contributed by atoms with E-state index >= 15 is 0 Å². The molecule has 1 atom stereocenters. The number of methoxy groups -OCH3 is 1. The highest BCUT2D eigenvalue weighted by Gasteiger charge is 2.22. The van der Waals surface area contributed by atoms with Gasteiger partial charge < -0.3 is 14.5 Å². The molecule has 0 aliphatic carbocycles. The van der Waals surface area contributed by atoms with Crippen LogP contribution in [-0.4, -0.2) is 22.6 Å². The van der Waals surface area contributed by atoms with Crippen molar-refractivity contribution >= 4 is 34.4 Å². The molecular formula is C16H14ClN3O4. The zero-order valence-corrected chi connectivity index (χ0v) is 13.7. The summed E-state index contributed by atoms with van der Waals surface area (Å²) < 4.78 is 11.4. The van der Waals surface area contributed by atoms with Gasteiger partial charge in [0.05, 0.1) is 12.1 Å². The summed E-state index contributed by atoms with van der Waals surface area (Å²) in [5.41, 5.74) is 1.14. The van der Waals surface area contributed by atoms with Gasteiger partial charge >= 0.3 is 5.76 Å². The Morgan fingerprint density at radius 3 is 2.92 bits per heavy atom. The van der Waals surface area contributed by atoms with E-state index < -0.39 is 17.7 Å². The van der Waals surface area contributed by atoms with Crippen LogP contribution in [0.4, 0.5) is 5.69 Å². The van der Waals surface area contributed by atoms with Crippen molar-refractivity contribution in [2.75, 3.05) is 12.4 Å². The van der Waals surface area contributed by atoms with Crippen LogP contribution in [0.25, 0.3) is 11.2 Å². The number of aromatic nitrogens is 2. The minimum absolute atomic E-state index is 0.318. The number of benzene rings is 1. The first-order valence-electron chi connectivity index (χ1n) is 7.11. The second-order valence-electron chi connectivity index (χ2n) is 5.08. The number of rotatable bonds is 4. The van der Waals surface area contributed by atoms with Crippen LogP contribution in [0.3, 0.4) is 0 Å². The Hall–Kier alpha value is -2.80. The molecule has 0 fully saturated rings. The van der Waals surface area contributed by atoms with Crippen molar-refractivity contribution in [2.45, 2.75) is 13.0 Å². The number of halogens is 1. The maximum atomic E-state index is 12.5. The lowest BCUT2D eigenvalue weighted by molar-refractivity contribution is -0.118. The van der Waals surface area contributed by atoms with Crippen molar-refractivity contribution < 1.29 is 13.9 Å². The molecule has 7 nitrogen and oxygen atoms in total. The average Bonchev–Trinajstić information content (AvgIpc) is 2.90. The van der Waals surface area contributed by atoms with E-state index in [1.165, 1.54) is 17.9 Å². The summed E-state index contributed by atoms with van der Waals surface area (Å²) in [6.07, 6.45) is 1.53. The lowest BCUT2D eigenvalue weighted by Crippen LogP contribution is -2.29. The molecule has 1 unspecified atom stereocenters. The molecule has 3 rings (SSSR count). The number of carbonyl (C=O) groups excluding carboxylic acids is 1. The molecule has 124 valence electrons. The third-order valence-electron chi connectivity index (χ3n) is 3.56. The molecule has 1 N–H and O–H groups in total. The standard InChI is InChI=1S/C16H14ClN3O4/c1-9(20-14-13(24-16(20)22)4-3-7-18-14)15(21)19-10-5-6-12(23-2)11(17)8-10/h3-9H,1-2H3,(H,19,21). The summed E-state index contributed by atoms with van der Waals surface area (Å²) in [4.78, 5) is 28.6. The number of nitrogens with one attached hydrogen (secondary N) is 1. The highest BCUT2D eigenvalue weighted by molar-refractivity contribution is 6.32. The molecule has 3 aromatic rings. The van der Waals surface area contributed by atoms with E-state index in [9.17, 15) is 9.59 Å². The van der Waals surface area contributed by atoms with Crippen molar-refractivity contribution in [3.8, 4) is 5.75 Å². The van der Waals surface area contributed by atoms with Gasteiger partial charge in [0.1, 0.15) is 11.8 Å². The van der Waals surface area contributed by atoms with Crippen LogP contribution < -0.4 is 15.8 Å². The number of hydrogen-bond acceptors (Lipinski definition) is 5. The molecule has 0 aliphatic rings. The topological polar surface area (TPSA) is 86.4 Å². The van der Waals surface area contributed by atoms with E-state index in [0.717, 1.165) is 0 Å². The molecule has 0 aliphatic heterocycles. The Morgan fingerprint density at radius 2 is 2.21 bits per heavy atom. The van der Waals surface area contributed by atoms with Crippen LogP contribution in [-0.2, 0) is 4.79 Å². The first-order valence-corrected chi connectivity index (χ1v) is 7.49. The van der Waals surface area contributed by atoms with Gasteiger partial charge in [-0.2, -0.15) is 0 Å². The molecule has 0 bridgehead atoms. The zero-order chi connectivity index (χ0) is 17.3. The van der Waals surface area contributed by atoms with E-state index in [1.807, 2.05) is 0 Å². The fourth-order valence-corrected chi connectivity index (χ4v) is 2.58. The van der Waals surface area contributed by atoms with E-state index in [-0.39, 0.29) is 0 Å². The Labute approximate surface area is 141 Å². The normalized spacial score (nSPS) is 12.1. The van der Waals surface area contributed by atoms with Crippen molar-refractivity contribution in [2.24, 2.45) is 0 Å². The maximum Gasteiger partial charge on any atom is 0.421 e. The summed E-state index contributed by atoms with van der Waals surface area (Å²) in [5.74, 6) is -0.533. The monoisotopic (exact) mass is 347 g/mol. The molecule has 24 heavy (non-hydrogen) atoms. The third-order valence-corrected chi connectivity index (χ3v) is 3.85. The molecule has 8 heteroatoms. The number of ether oxygens (including phenoxy) is 1. The van der Waals surface area contributed by atoms with Crippen LogP contribution in [0.15, 0.2) is 45.7 Å². The summed E-state index contributed by atoms with van der Waals surface area (Å²) in [7, 11) is 1.50. The largest absolute Gasteiger partial charge is 0.495 e. The van der Waals surface area contributed by atoms with Crippen LogP contribution in [0.5, 0.6) is 5.75 Å². The predicted octanol–water partition coefficient (Wildman–Crippen LogP) is 2.85. The minimum Gasteiger partial charge on any atom is -0.495 e. The van der Waals surface area contributed by atoms with Crippen LogP contribution >= 0.6 is 11.6 Å². The number of oxazole rings is 1. The third kappa shape index (κ3) is 2.85. The van der Waals surface area contributed by atoms with Crippen LogP contribution in [0, 0.1) is 0 Å². The molecule has 2 aromatic heterocycles. The molecule has 1 aromatic carbocycles. The second-order valence-corrected chi connectivity index (χ2v) is 5.48. The highest BCUT2D eigenvalue weighted by atomic mass is 35.5. The van der Waals surface area contributed by atoms with Crippen molar-refractivity contribution in [1.29, 1.82) is 0 Å². The lowest BCUT2D eigenvalue weighted by Gasteiger charge is -2.13. The number of anilines is 1. The molecule has 0 spiro atoms. The van der Waals surface area contributed by atoms with Gasteiger partial charge in [0.2, 0.25) is 5.91 Å². The number of nitrogens with zero attached hydrogens (tertiary/aromatic N) is 2. The van der Waals surface area contributed by atoms with Crippen LogP contribution in [0.1, 0.15) is 13.0 Å². The second kappa shape index (κ2) is 6.37. The van der Waals surface area contributed by atoms with E-state index in [0.29, 0.717) is 27.7 Å².